The second-order valence-electron chi connectivity index (χ2n) is 4.27. The van der Waals surface area contributed by atoms with E-state index in [1.807, 2.05) is 36.4 Å². The summed E-state index contributed by atoms with van der Waals surface area (Å²) in [5, 5.41) is 3.87. The Kier molecular flexibility index (Phi) is 4.95. The first-order chi connectivity index (χ1) is 9.61. The minimum atomic E-state index is 0.332. The smallest absolute Gasteiger partial charge is 0.104 e. The average molecular weight is 307 g/mol. The third kappa shape index (κ3) is 3.48. The molecule has 0 saturated heterocycles. The van der Waals surface area contributed by atoms with Gasteiger partial charge >= 0.3 is 0 Å². The van der Waals surface area contributed by atoms with E-state index in [1.54, 1.807) is 13.2 Å². The van der Waals surface area contributed by atoms with E-state index in [0.29, 0.717) is 16.6 Å². The Morgan fingerprint density at radius 3 is 2.65 bits per heavy atom. The van der Waals surface area contributed by atoms with E-state index in [9.17, 15) is 0 Å². The van der Waals surface area contributed by atoms with Crippen molar-refractivity contribution in [2.45, 2.75) is 6.61 Å². The van der Waals surface area contributed by atoms with Gasteiger partial charge in [-0.25, -0.2) is 0 Å². The number of hydrogen-bond donors (Lipinski definition) is 2. The SMILES string of the molecule is COCc1ccccc1Nc1ccc(C(N)=S)cc1Cl. The molecule has 20 heavy (non-hydrogen) atoms. The number of methoxy groups -OCH3 is 1. The highest BCUT2D eigenvalue weighted by Gasteiger charge is 2.06. The largest absolute Gasteiger partial charge is 0.389 e. The summed E-state index contributed by atoms with van der Waals surface area (Å²) in [7, 11) is 1.67. The second kappa shape index (κ2) is 6.70. The van der Waals surface area contributed by atoms with Gasteiger partial charge in [-0.05, 0) is 24.3 Å². The van der Waals surface area contributed by atoms with Crippen molar-refractivity contribution in [3.05, 3.63) is 58.6 Å². The Balaban J connectivity index is 2.28. The van der Waals surface area contributed by atoms with Crippen LogP contribution in [0.2, 0.25) is 5.02 Å². The quantitative estimate of drug-likeness (QED) is 0.823. The van der Waals surface area contributed by atoms with Crippen LogP contribution in [0.1, 0.15) is 11.1 Å². The zero-order valence-electron chi connectivity index (χ0n) is 11.0. The maximum absolute atomic E-state index is 6.24. The van der Waals surface area contributed by atoms with Gasteiger partial charge in [0.2, 0.25) is 0 Å². The fourth-order valence-electron chi connectivity index (χ4n) is 1.84. The molecule has 2 aromatic rings. The number of anilines is 2. The number of halogens is 1. The van der Waals surface area contributed by atoms with E-state index in [-0.39, 0.29) is 0 Å². The predicted octanol–water partition coefficient (Wildman–Crippen LogP) is 3.86. The van der Waals surface area contributed by atoms with Crippen LogP contribution in [0.15, 0.2) is 42.5 Å². The van der Waals surface area contributed by atoms with E-state index >= 15 is 0 Å². The van der Waals surface area contributed by atoms with Crippen LogP contribution >= 0.6 is 23.8 Å². The molecule has 5 heteroatoms. The van der Waals surface area contributed by atoms with Gasteiger partial charge in [0.1, 0.15) is 4.99 Å². The minimum absolute atomic E-state index is 0.332. The zero-order valence-corrected chi connectivity index (χ0v) is 12.6. The van der Waals surface area contributed by atoms with Crippen LogP contribution in [0.4, 0.5) is 11.4 Å². The van der Waals surface area contributed by atoms with E-state index < -0.39 is 0 Å². The number of nitrogens with two attached hydrogens (primary N) is 1. The Hall–Kier alpha value is -1.62. The summed E-state index contributed by atoms with van der Waals surface area (Å²) >= 11 is 11.2. The fourth-order valence-corrected chi connectivity index (χ4v) is 2.19. The number of thiocarbonyl (C=S) groups is 1. The number of rotatable bonds is 5. The number of ether oxygens (including phenoxy) is 1. The Bertz CT molecular complexity index is 631. The van der Waals surface area contributed by atoms with Crippen LogP contribution in [0.5, 0.6) is 0 Å². The van der Waals surface area contributed by atoms with E-state index in [1.165, 1.54) is 0 Å². The van der Waals surface area contributed by atoms with E-state index in [4.69, 9.17) is 34.3 Å². The number of hydrogen-bond acceptors (Lipinski definition) is 3. The van der Waals surface area contributed by atoms with E-state index in [2.05, 4.69) is 5.32 Å². The maximum atomic E-state index is 6.24. The molecule has 0 radical (unpaired) electrons. The maximum Gasteiger partial charge on any atom is 0.104 e. The van der Waals surface area contributed by atoms with Crippen LogP contribution in [0.25, 0.3) is 0 Å². The molecule has 0 aromatic heterocycles. The van der Waals surface area contributed by atoms with Crippen LogP contribution in [0.3, 0.4) is 0 Å². The van der Waals surface area contributed by atoms with Gasteiger partial charge in [-0.1, -0.05) is 42.0 Å². The zero-order chi connectivity index (χ0) is 14.5. The highest BCUT2D eigenvalue weighted by atomic mass is 35.5. The van der Waals surface area contributed by atoms with Gasteiger partial charge in [0, 0.05) is 23.9 Å². The summed E-state index contributed by atoms with van der Waals surface area (Å²) in [5.41, 5.74) is 9.15. The molecule has 3 nitrogen and oxygen atoms in total. The molecule has 104 valence electrons. The summed E-state index contributed by atoms with van der Waals surface area (Å²) in [6, 6.07) is 13.4. The number of para-hydroxylation sites is 1. The summed E-state index contributed by atoms with van der Waals surface area (Å²) in [5.74, 6) is 0. The molecule has 0 bridgehead atoms. The molecule has 0 fully saturated rings. The molecule has 0 aliphatic rings. The third-order valence-electron chi connectivity index (χ3n) is 2.84. The predicted molar refractivity (Wildman–Crippen MR) is 87.8 cm³/mol. The van der Waals surface area contributed by atoms with Crippen molar-refractivity contribution in [2.75, 3.05) is 12.4 Å². The molecule has 0 aliphatic carbocycles. The van der Waals surface area contributed by atoms with Crippen LogP contribution < -0.4 is 11.1 Å². The van der Waals surface area contributed by atoms with Crippen molar-refractivity contribution >= 4 is 40.2 Å². The monoisotopic (exact) mass is 306 g/mol. The summed E-state index contributed by atoms with van der Waals surface area (Å²) in [6.45, 7) is 0.533. The molecular weight excluding hydrogens is 292 g/mol. The molecule has 2 aromatic carbocycles. The molecule has 3 N–H and O–H groups in total. The second-order valence-corrected chi connectivity index (χ2v) is 5.12. The van der Waals surface area contributed by atoms with Crippen molar-refractivity contribution in [2.24, 2.45) is 5.73 Å². The number of benzene rings is 2. The molecule has 0 amide bonds. The summed E-state index contributed by atoms with van der Waals surface area (Å²) in [6.07, 6.45) is 0. The summed E-state index contributed by atoms with van der Waals surface area (Å²) in [4.78, 5) is 0.332. The molecule has 0 aliphatic heterocycles. The Morgan fingerprint density at radius 1 is 1.25 bits per heavy atom. The lowest BCUT2D eigenvalue weighted by atomic mass is 10.1. The summed E-state index contributed by atoms with van der Waals surface area (Å²) < 4.78 is 5.18. The highest BCUT2D eigenvalue weighted by Crippen LogP contribution is 2.28. The highest BCUT2D eigenvalue weighted by molar-refractivity contribution is 7.80. The van der Waals surface area contributed by atoms with Gasteiger partial charge in [0.05, 0.1) is 17.3 Å². The van der Waals surface area contributed by atoms with Crippen LogP contribution in [0, 0.1) is 0 Å². The Morgan fingerprint density at radius 2 is 2.00 bits per heavy atom. The topological polar surface area (TPSA) is 47.3 Å². The van der Waals surface area contributed by atoms with Gasteiger partial charge < -0.3 is 15.8 Å². The van der Waals surface area contributed by atoms with Crippen molar-refractivity contribution in [3.8, 4) is 0 Å². The van der Waals surface area contributed by atoms with Gasteiger partial charge in [-0.3, -0.25) is 0 Å². The lowest BCUT2D eigenvalue weighted by molar-refractivity contribution is 0.185. The van der Waals surface area contributed by atoms with Gasteiger partial charge in [0.15, 0.2) is 0 Å². The molecule has 0 unspecified atom stereocenters. The van der Waals surface area contributed by atoms with Crippen molar-refractivity contribution in [1.82, 2.24) is 0 Å². The van der Waals surface area contributed by atoms with Gasteiger partial charge in [0.25, 0.3) is 0 Å². The van der Waals surface area contributed by atoms with Gasteiger partial charge in [-0.15, -0.1) is 0 Å². The fraction of sp³-hybridized carbons (Fsp3) is 0.133. The van der Waals surface area contributed by atoms with Crippen molar-refractivity contribution < 1.29 is 4.74 Å². The first kappa shape index (κ1) is 14.8. The molecule has 0 saturated carbocycles. The Labute approximate surface area is 128 Å². The lowest BCUT2D eigenvalue weighted by Crippen LogP contribution is -2.09. The molecule has 0 heterocycles. The third-order valence-corrected chi connectivity index (χ3v) is 3.39. The van der Waals surface area contributed by atoms with Crippen molar-refractivity contribution in [3.63, 3.8) is 0 Å². The van der Waals surface area contributed by atoms with Crippen molar-refractivity contribution in [1.29, 1.82) is 0 Å². The lowest BCUT2D eigenvalue weighted by Gasteiger charge is -2.13. The molecule has 2 rings (SSSR count). The standard InChI is InChI=1S/C15H15ClN2OS/c1-19-9-11-4-2-3-5-13(11)18-14-7-6-10(15(17)20)8-12(14)16/h2-8,18H,9H2,1H3,(H2,17,20). The molecular formula is C15H15ClN2OS. The van der Waals surface area contributed by atoms with Crippen LogP contribution in [-0.4, -0.2) is 12.1 Å². The van der Waals surface area contributed by atoms with E-state index in [0.717, 1.165) is 22.5 Å². The minimum Gasteiger partial charge on any atom is -0.389 e. The molecule has 0 spiro atoms. The normalized spacial score (nSPS) is 10.3. The first-order valence-corrected chi connectivity index (χ1v) is 6.83. The van der Waals surface area contributed by atoms with Crippen LogP contribution in [-0.2, 0) is 11.3 Å². The first-order valence-electron chi connectivity index (χ1n) is 6.05. The number of nitrogens with one attached hydrogen (secondary N) is 1. The molecule has 0 atom stereocenters. The van der Waals surface area contributed by atoms with Gasteiger partial charge in [-0.2, -0.15) is 0 Å². The average Bonchev–Trinajstić information content (AvgIpc) is 2.43.